The second-order valence-corrected chi connectivity index (χ2v) is 9.98. The van der Waals surface area contributed by atoms with Gasteiger partial charge < -0.3 is 30.2 Å². The number of benzene rings is 1. The number of likely N-dealkylation sites (tertiary alicyclic amines) is 1. The molecule has 11 heteroatoms. The predicted octanol–water partition coefficient (Wildman–Crippen LogP) is 2.89. The molecular weight excluding hydrogens is 476 g/mol. The van der Waals surface area contributed by atoms with E-state index in [1.165, 1.54) is 25.1 Å². The maximum absolute atomic E-state index is 13.2. The molecule has 0 radical (unpaired) electrons. The third kappa shape index (κ3) is 5.87. The van der Waals surface area contributed by atoms with Crippen LogP contribution in [-0.4, -0.2) is 65.2 Å². The van der Waals surface area contributed by atoms with Gasteiger partial charge in [-0.1, -0.05) is 18.5 Å². The smallest absolute Gasteiger partial charge is 0.408 e. The Morgan fingerprint density at radius 3 is 2.54 bits per heavy atom. The number of nitrogens with zero attached hydrogens (tertiary/aromatic N) is 2. The Morgan fingerprint density at radius 1 is 1.26 bits per heavy atom. The normalized spacial score (nSPS) is 20.9. The largest absolute Gasteiger partial charge is 0.494 e. The summed E-state index contributed by atoms with van der Waals surface area (Å²) in [5.74, 6) is -0.747. The average Bonchev–Trinajstić information content (AvgIpc) is 3.08. The molecule has 2 heterocycles. The number of alkyl carbamates (subject to hydrolysis) is 1. The Labute approximate surface area is 209 Å². The fourth-order valence-corrected chi connectivity index (χ4v) is 4.28. The molecule has 0 spiro atoms. The predicted molar refractivity (Wildman–Crippen MR) is 130 cm³/mol. The molecular formula is C24H31ClN4O6. The van der Waals surface area contributed by atoms with Crippen LogP contribution >= 0.6 is 11.6 Å². The highest BCUT2D eigenvalue weighted by Crippen LogP contribution is 2.35. The highest BCUT2D eigenvalue weighted by Gasteiger charge is 2.47. The van der Waals surface area contributed by atoms with Crippen LogP contribution in [-0.2, 0) is 14.3 Å². The van der Waals surface area contributed by atoms with Gasteiger partial charge in [-0.2, -0.15) is 0 Å². The molecule has 0 bridgehead atoms. The maximum atomic E-state index is 13.2. The van der Waals surface area contributed by atoms with Crippen LogP contribution in [0, 0.1) is 5.92 Å². The SMILES string of the molecule is COc1cnc(O[C@H]2CN(C(=O)[C@H](C)NC(=O)OC(C)(C)C)[C@H](C(N)=O)[C@@H]2C)c2cc(Cl)ccc12. The molecule has 0 aliphatic carbocycles. The lowest BCUT2D eigenvalue weighted by Gasteiger charge is -2.27. The Hall–Kier alpha value is -3.27. The Bertz CT molecular complexity index is 1130. The number of pyridine rings is 1. The zero-order valence-corrected chi connectivity index (χ0v) is 21.4. The van der Waals surface area contributed by atoms with Crippen LogP contribution in [0.15, 0.2) is 24.4 Å². The van der Waals surface area contributed by atoms with E-state index >= 15 is 0 Å². The quantitative estimate of drug-likeness (QED) is 0.615. The molecule has 10 nitrogen and oxygen atoms in total. The molecule has 1 saturated heterocycles. The molecule has 1 fully saturated rings. The Morgan fingerprint density at radius 2 is 1.94 bits per heavy atom. The molecule has 1 aliphatic rings. The number of halogens is 1. The molecule has 1 aromatic heterocycles. The first-order chi connectivity index (χ1) is 16.3. The van der Waals surface area contributed by atoms with Crippen molar-refractivity contribution in [2.45, 2.75) is 58.4 Å². The van der Waals surface area contributed by atoms with Gasteiger partial charge in [0.05, 0.1) is 19.9 Å². The summed E-state index contributed by atoms with van der Waals surface area (Å²) < 4.78 is 16.8. The molecule has 1 aromatic carbocycles. The molecule has 3 N–H and O–H groups in total. The number of rotatable bonds is 6. The summed E-state index contributed by atoms with van der Waals surface area (Å²) in [5, 5.41) is 4.38. The molecule has 2 aromatic rings. The summed E-state index contributed by atoms with van der Waals surface area (Å²) in [7, 11) is 1.54. The molecule has 190 valence electrons. The number of ether oxygens (including phenoxy) is 3. The van der Waals surface area contributed by atoms with E-state index < -0.39 is 47.6 Å². The van der Waals surface area contributed by atoms with E-state index in [2.05, 4.69) is 10.3 Å². The lowest BCUT2D eigenvalue weighted by Crippen LogP contribution is -2.53. The second kappa shape index (κ2) is 10.2. The molecule has 0 saturated carbocycles. The van der Waals surface area contributed by atoms with Crippen LogP contribution in [0.3, 0.4) is 0 Å². The maximum Gasteiger partial charge on any atom is 0.408 e. The number of hydrogen-bond donors (Lipinski definition) is 2. The summed E-state index contributed by atoms with van der Waals surface area (Å²) in [4.78, 5) is 43.3. The van der Waals surface area contributed by atoms with E-state index in [9.17, 15) is 14.4 Å². The van der Waals surface area contributed by atoms with Gasteiger partial charge in [0.2, 0.25) is 17.7 Å². The van der Waals surface area contributed by atoms with Gasteiger partial charge in [-0.05, 0) is 45.9 Å². The van der Waals surface area contributed by atoms with Crippen molar-refractivity contribution < 1.29 is 28.6 Å². The monoisotopic (exact) mass is 506 g/mol. The van der Waals surface area contributed by atoms with Gasteiger partial charge in [-0.3, -0.25) is 9.59 Å². The number of nitrogens with two attached hydrogens (primary N) is 1. The number of primary amides is 1. The van der Waals surface area contributed by atoms with Crippen molar-refractivity contribution in [3.63, 3.8) is 0 Å². The number of methoxy groups -OCH3 is 1. The molecule has 3 amide bonds. The van der Waals surface area contributed by atoms with E-state index in [0.29, 0.717) is 16.2 Å². The lowest BCUT2D eigenvalue weighted by atomic mass is 10.00. The van der Waals surface area contributed by atoms with Crippen molar-refractivity contribution in [2.75, 3.05) is 13.7 Å². The number of fused-ring (bicyclic) bond motifs is 1. The standard InChI is InChI=1S/C24H31ClN4O6/c1-12-18(34-21-16-9-14(25)7-8-15(16)17(33-6)10-27-21)11-29(19(12)20(26)30)22(31)13(2)28-23(32)35-24(3,4)5/h7-10,12-13,18-19H,11H2,1-6H3,(H2,26,30)(H,28,32)/t12-,13+,18+,19+/m1/s1. The first-order valence-electron chi connectivity index (χ1n) is 11.2. The topological polar surface area (TPSA) is 133 Å². The van der Waals surface area contributed by atoms with Crippen molar-refractivity contribution in [3.05, 3.63) is 29.4 Å². The summed E-state index contributed by atoms with van der Waals surface area (Å²) in [6, 6.07) is 3.37. The number of amides is 3. The number of aromatic nitrogens is 1. The van der Waals surface area contributed by atoms with E-state index in [1.54, 1.807) is 45.9 Å². The second-order valence-electron chi connectivity index (χ2n) is 9.54. The zero-order chi connectivity index (χ0) is 26.1. The minimum atomic E-state index is -0.948. The third-order valence-electron chi connectivity index (χ3n) is 5.73. The van der Waals surface area contributed by atoms with Gasteiger partial charge in [0.25, 0.3) is 0 Å². The third-order valence-corrected chi connectivity index (χ3v) is 5.97. The van der Waals surface area contributed by atoms with Crippen molar-refractivity contribution in [1.29, 1.82) is 0 Å². The molecule has 0 unspecified atom stereocenters. The van der Waals surface area contributed by atoms with Crippen LogP contribution in [0.4, 0.5) is 4.79 Å². The first kappa shape index (κ1) is 26.3. The highest BCUT2D eigenvalue weighted by atomic mass is 35.5. The van der Waals surface area contributed by atoms with E-state index in [-0.39, 0.29) is 12.4 Å². The van der Waals surface area contributed by atoms with Crippen LogP contribution in [0.5, 0.6) is 11.6 Å². The first-order valence-corrected chi connectivity index (χ1v) is 11.6. The van der Waals surface area contributed by atoms with Crippen LogP contribution in [0.25, 0.3) is 10.8 Å². The summed E-state index contributed by atoms with van der Waals surface area (Å²) in [6.07, 6.45) is 0.208. The molecule has 35 heavy (non-hydrogen) atoms. The number of nitrogens with one attached hydrogen (secondary N) is 1. The van der Waals surface area contributed by atoms with Crippen LogP contribution in [0.1, 0.15) is 34.6 Å². The van der Waals surface area contributed by atoms with Gasteiger partial charge in [0.15, 0.2) is 0 Å². The molecule has 3 rings (SSSR count). The number of carbonyl (C=O) groups is 3. The average molecular weight is 507 g/mol. The van der Waals surface area contributed by atoms with Gasteiger partial charge in [0.1, 0.15) is 29.5 Å². The zero-order valence-electron chi connectivity index (χ0n) is 20.6. The Kier molecular flexibility index (Phi) is 7.64. The van der Waals surface area contributed by atoms with Gasteiger partial charge in [0, 0.05) is 21.7 Å². The van der Waals surface area contributed by atoms with E-state index in [0.717, 1.165) is 5.39 Å². The van der Waals surface area contributed by atoms with E-state index in [1.807, 2.05) is 0 Å². The van der Waals surface area contributed by atoms with Gasteiger partial charge >= 0.3 is 6.09 Å². The fourth-order valence-electron chi connectivity index (χ4n) is 4.10. The van der Waals surface area contributed by atoms with Crippen molar-refractivity contribution in [1.82, 2.24) is 15.2 Å². The van der Waals surface area contributed by atoms with Gasteiger partial charge in [-0.15, -0.1) is 0 Å². The van der Waals surface area contributed by atoms with Crippen LogP contribution in [0.2, 0.25) is 5.02 Å². The highest BCUT2D eigenvalue weighted by molar-refractivity contribution is 6.31. The summed E-state index contributed by atoms with van der Waals surface area (Å²) in [5.41, 5.74) is 4.93. The molecule has 1 aliphatic heterocycles. The summed E-state index contributed by atoms with van der Waals surface area (Å²) >= 11 is 6.19. The summed E-state index contributed by atoms with van der Waals surface area (Å²) in [6.45, 7) is 8.52. The minimum absolute atomic E-state index is 0.0731. The van der Waals surface area contributed by atoms with Crippen molar-refractivity contribution in [3.8, 4) is 11.6 Å². The minimum Gasteiger partial charge on any atom is -0.494 e. The lowest BCUT2D eigenvalue weighted by molar-refractivity contribution is -0.139. The molecule has 4 atom stereocenters. The van der Waals surface area contributed by atoms with E-state index in [4.69, 9.17) is 31.5 Å². The number of carbonyl (C=O) groups excluding carboxylic acids is 3. The van der Waals surface area contributed by atoms with Gasteiger partial charge in [-0.25, -0.2) is 9.78 Å². The van der Waals surface area contributed by atoms with Crippen LogP contribution < -0.4 is 20.5 Å². The number of hydrogen-bond acceptors (Lipinski definition) is 7. The fraction of sp³-hybridized carbons (Fsp3) is 0.500. The Balaban J connectivity index is 1.84. The van der Waals surface area contributed by atoms with Crippen molar-refractivity contribution in [2.24, 2.45) is 11.7 Å². The van der Waals surface area contributed by atoms with Crippen molar-refractivity contribution >= 4 is 40.3 Å².